The van der Waals surface area contributed by atoms with Crippen LogP contribution >= 0.6 is 0 Å². The van der Waals surface area contributed by atoms with Crippen LogP contribution in [0.2, 0.25) is 0 Å². The molecule has 158 valence electrons. The second kappa shape index (κ2) is 9.40. The summed E-state index contributed by atoms with van der Waals surface area (Å²) in [5.74, 6) is 1.25. The maximum Gasteiger partial charge on any atom is 0.246 e. The summed E-state index contributed by atoms with van der Waals surface area (Å²) in [5, 5.41) is 8.35. The van der Waals surface area contributed by atoms with Crippen molar-refractivity contribution in [2.75, 3.05) is 13.7 Å². The molecule has 0 unspecified atom stereocenters. The fraction of sp³-hybridized carbons (Fsp3) is 0.208. The minimum Gasteiger partial charge on any atom is -0.484 e. The van der Waals surface area contributed by atoms with E-state index in [2.05, 4.69) is 15.4 Å². The standard InChI is InChI=1S/C24H24N4O3/c1-17(27-23(29)16-30-2)24(18-8-4-3-5-9-18)31-20-11-12-21-19(14-20)15-26-28(21)22-10-6-7-13-25-22/h3-15,17,24H,16H2,1-2H3,(H,27,29)/t17-,24+/m0/s1. The van der Waals surface area contributed by atoms with Gasteiger partial charge in [0.2, 0.25) is 5.91 Å². The Morgan fingerprint density at radius 3 is 2.65 bits per heavy atom. The average Bonchev–Trinajstić information content (AvgIpc) is 3.22. The predicted molar refractivity (Wildman–Crippen MR) is 118 cm³/mol. The van der Waals surface area contributed by atoms with Crippen molar-refractivity contribution in [3.8, 4) is 11.6 Å². The summed E-state index contributed by atoms with van der Waals surface area (Å²) in [7, 11) is 1.50. The Bertz CT molecular complexity index is 1150. The molecular formula is C24H24N4O3. The molecule has 4 aromatic rings. The number of methoxy groups -OCH3 is 1. The predicted octanol–water partition coefficient (Wildman–Crippen LogP) is 3.69. The van der Waals surface area contributed by atoms with Gasteiger partial charge in [-0.25, -0.2) is 9.67 Å². The molecule has 2 heterocycles. The van der Waals surface area contributed by atoms with E-state index in [1.54, 1.807) is 17.1 Å². The van der Waals surface area contributed by atoms with Crippen LogP contribution in [0.3, 0.4) is 0 Å². The largest absolute Gasteiger partial charge is 0.484 e. The number of carbonyl (C=O) groups is 1. The Labute approximate surface area is 180 Å². The van der Waals surface area contributed by atoms with Gasteiger partial charge in [0, 0.05) is 18.7 Å². The van der Waals surface area contributed by atoms with Gasteiger partial charge in [0.25, 0.3) is 0 Å². The summed E-state index contributed by atoms with van der Waals surface area (Å²) in [6, 6.07) is 21.1. The first-order valence-electron chi connectivity index (χ1n) is 10.0. The van der Waals surface area contributed by atoms with E-state index in [0.717, 1.165) is 22.3 Å². The maximum absolute atomic E-state index is 12.0. The Morgan fingerprint density at radius 2 is 1.90 bits per heavy atom. The number of aromatic nitrogens is 3. The topological polar surface area (TPSA) is 78.3 Å². The first-order chi connectivity index (χ1) is 15.2. The van der Waals surface area contributed by atoms with Crippen molar-refractivity contribution in [2.45, 2.75) is 19.1 Å². The average molecular weight is 416 g/mol. The normalized spacial score (nSPS) is 13.0. The molecule has 0 saturated heterocycles. The number of carbonyl (C=O) groups excluding carboxylic acids is 1. The fourth-order valence-electron chi connectivity index (χ4n) is 3.50. The molecule has 1 N–H and O–H groups in total. The van der Waals surface area contributed by atoms with Gasteiger partial charge in [0.1, 0.15) is 18.5 Å². The molecule has 7 heteroatoms. The maximum atomic E-state index is 12.0. The zero-order valence-corrected chi connectivity index (χ0v) is 17.4. The Morgan fingerprint density at radius 1 is 1.10 bits per heavy atom. The van der Waals surface area contributed by atoms with E-state index >= 15 is 0 Å². The van der Waals surface area contributed by atoms with Crippen LogP contribution < -0.4 is 10.1 Å². The van der Waals surface area contributed by atoms with Gasteiger partial charge in [-0.2, -0.15) is 5.10 Å². The summed E-state index contributed by atoms with van der Waals surface area (Å²) in [4.78, 5) is 16.4. The minimum absolute atomic E-state index is 0.00448. The first-order valence-corrected chi connectivity index (χ1v) is 10.0. The molecule has 0 aliphatic rings. The van der Waals surface area contributed by atoms with Crippen LogP contribution in [0.15, 0.2) is 79.1 Å². The highest BCUT2D eigenvalue weighted by Crippen LogP contribution is 2.28. The summed E-state index contributed by atoms with van der Waals surface area (Å²) < 4.78 is 13.1. The van der Waals surface area contributed by atoms with Gasteiger partial charge >= 0.3 is 0 Å². The molecule has 2 aromatic heterocycles. The van der Waals surface area contributed by atoms with Gasteiger partial charge in [0.15, 0.2) is 5.82 Å². The summed E-state index contributed by atoms with van der Waals surface area (Å²) >= 11 is 0. The highest BCUT2D eigenvalue weighted by Gasteiger charge is 2.23. The van der Waals surface area contributed by atoms with Crippen molar-refractivity contribution < 1.29 is 14.3 Å². The first kappa shape index (κ1) is 20.6. The van der Waals surface area contributed by atoms with Crippen molar-refractivity contribution >= 4 is 16.8 Å². The third-order valence-electron chi connectivity index (χ3n) is 4.92. The summed E-state index contributed by atoms with van der Waals surface area (Å²) in [6.45, 7) is 1.92. The number of rotatable bonds is 8. The monoisotopic (exact) mass is 416 g/mol. The molecule has 31 heavy (non-hydrogen) atoms. The lowest BCUT2D eigenvalue weighted by molar-refractivity contribution is -0.126. The summed E-state index contributed by atoms with van der Waals surface area (Å²) in [6.07, 6.45) is 3.16. The molecule has 0 aliphatic heterocycles. The van der Waals surface area contributed by atoms with E-state index in [1.807, 2.05) is 73.7 Å². The Hall–Kier alpha value is -3.71. The zero-order valence-electron chi connectivity index (χ0n) is 17.4. The van der Waals surface area contributed by atoms with Crippen molar-refractivity contribution in [3.63, 3.8) is 0 Å². The second-order valence-electron chi connectivity index (χ2n) is 7.20. The van der Waals surface area contributed by atoms with Gasteiger partial charge in [-0.05, 0) is 42.8 Å². The number of nitrogens with one attached hydrogen (secondary N) is 1. The van der Waals surface area contributed by atoms with Crippen LogP contribution in [0.25, 0.3) is 16.7 Å². The molecule has 0 radical (unpaired) electrons. The lowest BCUT2D eigenvalue weighted by atomic mass is 10.0. The Kier molecular flexibility index (Phi) is 6.24. The summed E-state index contributed by atoms with van der Waals surface area (Å²) in [5.41, 5.74) is 1.90. The van der Waals surface area contributed by atoms with Crippen LogP contribution in [0.4, 0.5) is 0 Å². The zero-order chi connectivity index (χ0) is 21.6. The van der Waals surface area contributed by atoms with E-state index < -0.39 is 0 Å². The minimum atomic E-state index is -0.370. The molecule has 0 spiro atoms. The number of nitrogens with zero attached hydrogens (tertiary/aromatic N) is 3. The molecular weight excluding hydrogens is 392 g/mol. The number of amides is 1. The lowest BCUT2D eigenvalue weighted by Gasteiger charge is -2.26. The number of benzene rings is 2. The molecule has 0 bridgehead atoms. The highest BCUT2D eigenvalue weighted by atomic mass is 16.5. The van der Waals surface area contributed by atoms with E-state index in [1.165, 1.54) is 7.11 Å². The van der Waals surface area contributed by atoms with Gasteiger partial charge in [-0.1, -0.05) is 36.4 Å². The number of ether oxygens (including phenoxy) is 2. The van der Waals surface area contributed by atoms with Gasteiger partial charge < -0.3 is 14.8 Å². The molecule has 0 saturated carbocycles. The number of hydrogen-bond acceptors (Lipinski definition) is 5. The lowest BCUT2D eigenvalue weighted by Crippen LogP contribution is -2.40. The van der Waals surface area contributed by atoms with Crippen LogP contribution in [-0.2, 0) is 9.53 Å². The molecule has 2 aromatic carbocycles. The van der Waals surface area contributed by atoms with Crippen LogP contribution in [0, 0.1) is 0 Å². The smallest absolute Gasteiger partial charge is 0.246 e. The molecule has 4 rings (SSSR count). The number of pyridine rings is 1. The van der Waals surface area contributed by atoms with E-state index in [9.17, 15) is 4.79 Å². The van der Waals surface area contributed by atoms with E-state index in [-0.39, 0.29) is 24.7 Å². The highest BCUT2D eigenvalue weighted by molar-refractivity contribution is 5.81. The van der Waals surface area contributed by atoms with Gasteiger partial charge in [0.05, 0.1) is 17.8 Å². The number of fused-ring (bicyclic) bond motifs is 1. The molecule has 2 atom stereocenters. The third-order valence-corrected chi connectivity index (χ3v) is 4.92. The molecule has 0 aliphatic carbocycles. The van der Waals surface area contributed by atoms with Crippen LogP contribution in [-0.4, -0.2) is 40.4 Å². The van der Waals surface area contributed by atoms with Gasteiger partial charge in [-0.15, -0.1) is 0 Å². The van der Waals surface area contributed by atoms with Crippen molar-refractivity contribution in [2.24, 2.45) is 0 Å². The molecule has 7 nitrogen and oxygen atoms in total. The van der Waals surface area contributed by atoms with Crippen LogP contribution in [0.5, 0.6) is 5.75 Å². The quantitative estimate of drug-likeness (QED) is 0.474. The molecule has 1 amide bonds. The van der Waals surface area contributed by atoms with E-state index in [0.29, 0.717) is 5.75 Å². The fourth-order valence-corrected chi connectivity index (χ4v) is 3.50. The van der Waals surface area contributed by atoms with Gasteiger partial charge in [-0.3, -0.25) is 4.79 Å². The third kappa shape index (κ3) is 4.73. The molecule has 0 fully saturated rings. The Balaban J connectivity index is 1.61. The van der Waals surface area contributed by atoms with Crippen molar-refractivity contribution in [1.29, 1.82) is 0 Å². The SMILES string of the molecule is COCC(=O)N[C@@H](C)[C@@H](Oc1ccc2c(cnn2-c2ccccn2)c1)c1ccccc1. The second-order valence-corrected chi connectivity index (χ2v) is 7.20. The number of hydrogen-bond donors (Lipinski definition) is 1. The van der Waals surface area contributed by atoms with Crippen molar-refractivity contribution in [3.05, 3.63) is 84.7 Å². The van der Waals surface area contributed by atoms with Crippen molar-refractivity contribution in [1.82, 2.24) is 20.1 Å². The van der Waals surface area contributed by atoms with Crippen LogP contribution in [0.1, 0.15) is 18.6 Å². The van der Waals surface area contributed by atoms with E-state index in [4.69, 9.17) is 9.47 Å².